The normalized spacial score (nSPS) is 24.7. The molecule has 11 nitrogen and oxygen atoms in total. The Hall–Kier alpha value is -4.03. The molecule has 0 spiro atoms. The van der Waals surface area contributed by atoms with Crippen molar-refractivity contribution >= 4 is 45.5 Å². The van der Waals surface area contributed by atoms with Crippen molar-refractivity contribution in [3.05, 3.63) is 64.2 Å². The number of rotatable bonds is 6. The molecule has 1 aromatic carbocycles. The highest BCUT2D eigenvalue weighted by atomic mass is 32.1. The molecule has 38 heavy (non-hydrogen) atoms. The summed E-state index contributed by atoms with van der Waals surface area (Å²) in [5.74, 6) is -2.87. The fourth-order valence-corrected chi connectivity index (χ4v) is 6.75. The number of amides is 2. The smallest absolute Gasteiger partial charge is 0.358 e. The number of hydrogen-bond donors (Lipinski definition) is 2. The first kappa shape index (κ1) is 24.3. The first-order chi connectivity index (χ1) is 18.2. The number of esters is 2. The maximum Gasteiger partial charge on any atom is 0.358 e. The van der Waals surface area contributed by atoms with E-state index < -0.39 is 36.3 Å². The number of carbonyl (C=O) groups excluding carboxylic acids is 4. The Morgan fingerprint density at radius 1 is 1.29 bits per heavy atom. The summed E-state index contributed by atoms with van der Waals surface area (Å²) in [7, 11) is 0. The third kappa shape index (κ3) is 3.55. The minimum atomic E-state index is -1.23. The zero-order valence-corrected chi connectivity index (χ0v) is 21.5. The summed E-state index contributed by atoms with van der Waals surface area (Å²) in [6.45, 7) is 5.15. The molecule has 0 saturated carbocycles. The van der Waals surface area contributed by atoms with Gasteiger partial charge in [0.2, 0.25) is 11.8 Å². The number of β-lactam (4-membered cyclic amide) rings is 1. The summed E-state index contributed by atoms with van der Waals surface area (Å²) in [4.78, 5) is 57.7. The van der Waals surface area contributed by atoms with Crippen LogP contribution in [0.4, 0.5) is 0 Å². The number of nitrogens with zero attached hydrogens (tertiary/aromatic N) is 3. The second kappa shape index (κ2) is 8.77. The predicted molar refractivity (Wildman–Crippen MR) is 133 cm³/mol. The van der Waals surface area contributed by atoms with E-state index in [9.17, 15) is 24.3 Å². The van der Waals surface area contributed by atoms with Crippen LogP contribution in [-0.4, -0.2) is 55.3 Å². The number of imidazole rings is 1. The third-order valence-corrected chi connectivity index (χ3v) is 8.47. The van der Waals surface area contributed by atoms with Gasteiger partial charge < -0.3 is 24.8 Å². The second-order valence-electron chi connectivity index (χ2n) is 9.65. The molecular formula is C26H24N4O7S. The maximum absolute atomic E-state index is 13.7. The molecule has 3 aliphatic heterocycles. The molecule has 0 radical (unpaired) electrons. The molecule has 1 fully saturated rings. The maximum atomic E-state index is 13.7. The summed E-state index contributed by atoms with van der Waals surface area (Å²) in [5.41, 5.74) is 2.10. The van der Waals surface area contributed by atoms with E-state index in [-0.39, 0.29) is 30.0 Å². The average molecular weight is 537 g/mol. The molecule has 2 amide bonds. The molecule has 0 aliphatic carbocycles. The van der Waals surface area contributed by atoms with Gasteiger partial charge in [-0.1, -0.05) is 25.1 Å². The number of ether oxygens (including phenoxy) is 2. The van der Waals surface area contributed by atoms with E-state index in [0.29, 0.717) is 22.4 Å². The van der Waals surface area contributed by atoms with Crippen molar-refractivity contribution in [2.24, 2.45) is 11.8 Å². The number of nitrogens with one attached hydrogen (secondary N) is 1. The zero-order chi connectivity index (χ0) is 26.9. The van der Waals surface area contributed by atoms with Gasteiger partial charge in [0.1, 0.15) is 16.9 Å². The Labute approximate surface area is 220 Å². The molecule has 6 rings (SSSR count). The zero-order valence-electron chi connectivity index (χ0n) is 20.7. The Bertz CT molecular complexity index is 1550. The molecule has 1 saturated heterocycles. The minimum Gasteiger partial charge on any atom is -0.417 e. The predicted octanol–water partition coefficient (Wildman–Crippen LogP) is 2.01. The van der Waals surface area contributed by atoms with Crippen molar-refractivity contribution in [1.82, 2.24) is 19.6 Å². The summed E-state index contributed by atoms with van der Waals surface area (Å²) in [6.07, 6.45) is 1.32. The standard InChI is InChI=1S/C26H24N4O7S/c1-11-18(17-9-29-10-28-16(23(29)38-17)8-27-13(3)32)21(30-20(11)19(12(2)31)22(30)33)25(35)37-26-15-7-5-4-6-14(15)24(34)36-26/h4-7,9-12,19-20,26,31H,8H2,1-3H3,(H,27,32)/t11-,12+,19+,20+,26?/m0/s1. The Morgan fingerprint density at radius 2 is 2.05 bits per heavy atom. The number of hydrogen-bond acceptors (Lipinski definition) is 9. The highest BCUT2D eigenvalue weighted by Gasteiger charge is 2.60. The number of aliphatic hydroxyl groups excluding tert-OH is 1. The third-order valence-electron chi connectivity index (χ3n) is 7.28. The molecule has 5 heterocycles. The Kier molecular flexibility index (Phi) is 5.61. The number of cyclic esters (lactones) is 1. The van der Waals surface area contributed by atoms with Crippen LogP contribution in [0.15, 0.2) is 42.5 Å². The van der Waals surface area contributed by atoms with E-state index in [1.165, 1.54) is 23.2 Å². The van der Waals surface area contributed by atoms with Gasteiger partial charge in [-0.2, -0.15) is 0 Å². The number of aromatic nitrogens is 2. The van der Waals surface area contributed by atoms with Crippen molar-refractivity contribution < 1.29 is 33.8 Å². The molecule has 196 valence electrons. The van der Waals surface area contributed by atoms with E-state index >= 15 is 0 Å². The first-order valence-electron chi connectivity index (χ1n) is 12.1. The van der Waals surface area contributed by atoms with E-state index in [1.807, 2.05) is 13.1 Å². The number of fused-ring (bicyclic) bond motifs is 3. The van der Waals surface area contributed by atoms with Crippen LogP contribution in [0.2, 0.25) is 0 Å². The Balaban J connectivity index is 1.40. The van der Waals surface area contributed by atoms with E-state index in [4.69, 9.17) is 9.47 Å². The van der Waals surface area contributed by atoms with Crippen LogP contribution >= 0.6 is 11.3 Å². The first-order valence-corrected chi connectivity index (χ1v) is 13.0. The van der Waals surface area contributed by atoms with E-state index in [1.54, 1.807) is 41.9 Å². The topological polar surface area (TPSA) is 140 Å². The van der Waals surface area contributed by atoms with Crippen molar-refractivity contribution in [3.63, 3.8) is 0 Å². The van der Waals surface area contributed by atoms with Gasteiger partial charge in [0.15, 0.2) is 0 Å². The molecular weight excluding hydrogens is 512 g/mol. The highest BCUT2D eigenvalue weighted by Crippen LogP contribution is 2.52. The minimum absolute atomic E-state index is 0.0747. The summed E-state index contributed by atoms with van der Waals surface area (Å²) in [5, 5.41) is 13.0. The lowest BCUT2D eigenvalue weighted by Crippen LogP contribution is -2.63. The molecule has 1 unspecified atom stereocenters. The average Bonchev–Trinajstić information content (AvgIpc) is 3.58. The van der Waals surface area contributed by atoms with Crippen LogP contribution < -0.4 is 5.32 Å². The number of thiazole rings is 1. The van der Waals surface area contributed by atoms with Crippen LogP contribution in [0.25, 0.3) is 10.4 Å². The van der Waals surface area contributed by atoms with E-state index in [0.717, 1.165) is 9.71 Å². The van der Waals surface area contributed by atoms with Gasteiger partial charge in [0.05, 0.1) is 40.7 Å². The lowest BCUT2D eigenvalue weighted by Gasteiger charge is -2.46. The molecule has 3 aromatic rings. The summed E-state index contributed by atoms with van der Waals surface area (Å²) < 4.78 is 12.8. The van der Waals surface area contributed by atoms with Crippen LogP contribution in [0.5, 0.6) is 0 Å². The van der Waals surface area contributed by atoms with Gasteiger partial charge in [-0.3, -0.25) is 14.0 Å². The SMILES string of the molecule is CC(=O)NCc1ncn2cc(C3=C(C(=O)OC4OC(=O)c5ccccc54)N4C(=O)[C@H]([C@@H](C)O)[C@H]4[C@H]3C)sc12. The summed E-state index contributed by atoms with van der Waals surface area (Å²) in [6, 6.07) is 6.23. The van der Waals surface area contributed by atoms with Gasteiger partial charge >= 0.3 is 11.9 Å². The molecule has 5 atom stereocenters. The second-order valence-corrected chi connectivity index (χ2v) is 10.7. The molecule has 3 aliphatic rings. The van der Waals surface area contributed by atoms with Crippen LogP contribution in [0, 0.1) is 11.8 Å². The fraction of sp³-hybridized carbons (Fsp3) is 0.346. The molecule has 12 heteroatoms. The fourth-order valence-electron chi connectivity index (χ4n) is 5.54. The molecule has 2 aromatic heterocycles. The van der Waals surface area contributed by atoms with Crippen LogP contribution in [0.1, 0.15) is 53.6 Å². The van der Waals surface area contributed by atoms with E-state index in [2.05, 4.69) is 10.3 Å². The quantitative estimate of drug-likeness (QED) is 0.360. The van der Waals surface area contributed by atoms with Gasteiger partial charge in [-0.15, -0.1) is 11.3 Å². The molecule has 0 bridgehead atoms. The van der Waals surface area contributed by atoms with Gasteiger partial charge in [-0.25, -0.2) is 14.6 Å². The number of aliphatic hydroxyl groups is 1. The van der Waals surface area contributed by atoms with Crippen molar-refractivity contribution in [1.29, 1.82) is 0 Å². The largest absolute Gasteiger partial charge is 0.417 e. The van der Waals surface area contributed by atoms with Crippen molar-refractivity contribution in [3.8, 4) is 0 Å². The van der Waals surface area contributed by atoms with Crippen LogP contribution in [-0.2, 0) is 30.4 Å². The van der Waals surface area contributed by atoms with Crippen molar-refractivity contribution in [2.45, 2.75) is 45.8 Å². The number of benzene rings is 1. The number of carbonyl (C=O) groups is 4. The lowest BCUT2D eigenvalue weighted by atomic mass is 9.77. The van der Waals surface area contributed by atoms with Crippen LogP contribution in [0.3, 0.4) is 0 Å². The lowest BCUT2D eigenvalue weighted by molar-refractivity contribution is -0.173. The highest BCUT2D eigenvalue weighted by molar-refractivity contribution is 7.18. The monoisotopic (exact) mass is 536 g/mol. The van der Waals surface area contributed by atoms with Crippen molar-refractivity contribution in [2.75, 3.05) is 0 Å². The summed E-state index contributed by atoms with van der Waals surface area (Å²) >= 11 is 1.38. The Morgan fingerprint density at radius 3 is 2.79 bits per heavy atom. The molecule has 2 N–H and O–H groups in total. The van der Waals surface area contributed by atoms with Gasteiger partial charge in [0, 0.05) is 30.2 Å². The van der Waals surface area contributed by atoms with Gasteiger partial charge in [0.25, 0.3) is 6.29 Å². The van der Waals surface area contributed by atoms with Gasteiger partial charge in [-0.05, 0) is 13.0 Å².